The van der Waals surface area contributed by atoms with Gasteiger partial charge in [0.15, 0.2) is 0 Å². The minimum Gasteiger partial charge on any atom is -0.299 e. The second kappa shape index (κ2) is 5.16. The molecule has 2 aromatic rings. The second-order valence-electron chi connectivity index (χ2n) is 5.03. The fourth-order valence-corrected chi connectivity index (χ4v) is 2.48. The lowest BCUT2D eigenvalue weighted by molar-refractivity contribution is 0.380. The summed E-state index contributed by atoms with van der Waals surface area (Å²) < 4.78 is 1.94. The topological polar surface area (TPSA) is 55.6 Å². The first kappa shape index (κ1) is 13.2. The predicted molar refractivity (Wildman–Crippen MR) is 72.4 cm³/mol. The summed E-state index contributed by atoms with van der Waals surface area (Å²) in [6, 6.07) is 0.326. The molecule has 0 bridgehead atoms. The smallest absolute Gasteiger partial charge is 0.141 e. The van der Waals surface area contributed by atoms with Crippen molar-refractivity contribution in [2.24, 2.45) is 0 Å². The Morgan fingerprint density at radius 3 is 2.78 bits per heavy atom. The van der Waals surface area contributed by atoms with Gasteiger partial charge >= 0.3 is 0 Å². The average Bonchev–Trinajstić information content (AvgIpc) is 2.97. The monoisotopic (exact) mass is 265 g/mol. The summed E-state index contributed by atoms with van der Waals surface area (Å²) in [6.07, 6.45) is 3.44. The summed E-state index contributed by atoms with van der Waals surface area (Å²) in [5, 5.41) is 10.8. The standard InChI is InChI=1S/C12H19N5S/c1-9(2)17-10(14-8-16-17)7-15-12(3,4)11-13-5-6-18-11/h5-6,8-9,15H,7H2,1-4H3. The molecule has 1 N–H and O–H groups in total. The molecule has 2 aromatic heterocycles. The van der Waals surface area contributed by atoms with Crippen molar-refractivity contribution in [3.63, 3.8) is 0 Å². The summed E-state index contributed by atoms with van der Waals surface area (Å²) in [4.78, 5) is 8.65. The number of hydrogen-bond acceptors (Lipinski definition) is 5. The molecular weight excluding hydrogens is 246 g/mol. The number of nitrogens with one attached hydrogen (secondary N) is 1. The van der Waals surface area contributed by atoms with Crippen molar-refractivity contribution in [1.82, 2.24) is 25.1 Å². The first-order chi connectivity index (χ1) is 8.50. The molecule has 2 rings (SSSR count). The molecule has 0 spiro atoms. The molecular formula is C12H19N5S. The van der Waals surface area contributed by atoms with E-state index in [2.05, 4.69) is 48.1 Å². The molecule has 0 amide bonds. The number of hydrogen-bond donors (Lipinski definition) is 1. The van der Waals surface area contributed by atoms with Gasteiger partial charge in [-0.05, 0) is 27.7 Å². The van der Waals surface area contributed by atoms with Crippen molar-refractivity contribution in [3.8, 4) is 0 Å². The zero-order valence-electron chi connectivity index (χ0n) is 11.2. The highest BCUT2D eigenvalue weighted by Crippen LogP contribution is 2.22. The van der Waals surface area contributed by atoms with Crippen molar-refractivity contribution in [2.75, 3.05) is 0 Å². The van der Waals surface area contributed by atoms with Crippen LogP contribution in [0.5, 0.6) is 0 Å². The molecule has 6 heteroatoms. The third kappa shape index (κ3) is 2.76. The Bertz CT molecular complexity index is 486. The van der Waals surface area contributed by atoms with Crippen molar-refractivity contribution < 1.29 is 0 Å². The van der Waals surface area contributed by atoms with Crippen molar-refractivity contribution in [3.05, 3.63) is 28.7 Å². The fraction of sp³-hybridized carbons (Fsp3) is 0.583. The number of aromatic nitrogens is 4. The molecule has 98 valence electrons. The van der Waals surface area contributed by atoms with E-state index < -0.39 is 0 Å². The zero-order valence-corrected chi connectivity index (χ0v) is 12.0. The molecule has 18 heavy (non-hydrogen) atoms. The van der Waals surface area contributed by atoms with Crippen LogP contribution in [0.4, 0.5) is 0 Å². The molecule has 5 nitrogen and oxygen atoms in total. The summed E-state index contributed by atoms with van der Waals surface area (Å²) in [7, 11) is 0. The van der Waals surface area contributed by atoms with Gasteiger partial charge < -0.3 is 0 Å². The first-order valence-corrected chi connectivity index (χ1v) is 6.92. The van der Waals surface area contributed by atoms with Crippen LogP contribution in [-0.4, -0.2) is 19.7 Å². The van der Waals surface area contributed by atoms with E-state index in [4.69, 9.17) is 0 Å². The Hall–Kier alpha value is -1.27. The van der Waals surface area contributed by atoms with E-state index in [-0.39, 0.29) is 5.54 Å². The van der Waals surface area contributed by atoms with Crippen LogP contribution in [0.1, 0.15) is 44.6 Å². The predicted octanol–water partition coefficient (Wildman–Crippen LogP) is 2.34. The van der Waals surface area contributed by atoms with E-state index in [1.165, 1.54) is 0 Å². The van der Waals surface area contributed by atoms with Gasteiger partial charge in [0, 0.05) is 17.6 Å². The summed E-state index contributed by atoms with van der Waals surface area (Å²) in [6.45, 7) is 9.14. The van der Waals surface area contributed by atoms with Gasteiger partial charge in [0.2, 0.25) is 0 Å². The molecule has 0 atom stereocenters. The number of nitrogens with zero attached hydrogens (tertiary/aromatic N) is 4. The van der Waals surface area contributed by atoms with E-state index in [9.17, 15) is 0 Å². The van der Waals surface area contributed by atoms with Crippen molar-refractivity contribution in [1.29, 1.82) is 0 Å². The Kier molecular flexibility index (Phi) is 3.77. The van der Waals surface area contributed by atoms with Crippen LogP contribution in [-0.2, 0) is 12.1 Å². The van der Waals surface area contributed by atoms with Crippen LogP contribution in [0, 0.1) is 0 Å². The van der Waals surface area contributed by atoms with Gasteiger partial charge in [0.1, 0.15) is 17.2 Å². The lowest BCUT2D eigenvalue weighted by atomic mass is 10.1. The highest BCUT2D eigenvalue weighted by Gasteiger charge is 2.23. The van der Waals surface area contributed by atoms with Gasteiger partial charge in [0.05, 0.1) is 12.1 Å². The molecule has 0 aromatic carbocycles. The molecule has 0 saturated carbocycles. The third-order valence-electron chi connectivity index (χ3n) is 2.79. The molecule has 0 saturated heterocycles. The van der Waals surface area contributed by atoms with Gasteiger partial charge in [0.25, 0.3) is 0 Å². The van der Waals surface area contributed by atoms with Crippen molar-refractivity contribution >= 4 is 11.3 Å². The SMILES string of the molecule is CC(C)n1ncnc1CNC(C)(C)c1nccs1. The van der Waals surface area contributed by atoms with Gasteiger partial charge in [-0.1, -0.05) is 0 Å². The molecule has 0 fully saturated rings. The Balaban J connectivity index is 2.05. The highest BCUT2D eigenvalue weighted by molar-refractivity contribution is 7.09. The fourth-order valence-electron chi connectivity index (χ4n) is 1.74. The Labute approximate surface area is 111 Å². The van der Waals surface area contributed by atoms with Gasteiger partial charge in [-0.25, -0.2) is 14.6 Å². The maximum atomic E-state index is 4.36. The minimum absolute atomic E-state index is 0.151. The van der Waals surface area contributed by atoms with Crippen LogP contribution >= 0.6 is 11.3 Å². The van der Waals surface area contributed by atoms with Crippen LogP contribution in [0.2, 0.25) is 0 Å². The molecule has 2 heterocycles. The summed E-state index contributed by atoms with van der Waals surface area (Å²) in [5.41, 5.74) is -0.151. The van der Waals surface area contributed by atoms with E-state index in [0.717, 1.165) is 10.8 Å². The second-order valence-corrected chi connectivity index (χ2v) is 5.92. The maximum Gasteiger partial charge on any atom is 0.141 e. The van der Waals surface area contributed by atoms with Gasteiger partial charge in [-0.3, -0.25) is 5.32 Å². The van der Waals surface area contributed by atoms with E-state index in [0.29, 0.717) is 12.6 Å². The molecule has 0 unspecified atom stereocenters. The number of thiazole rings is 1. The van der Waals surface area contributed by atoms with Crippen LogP contribution in [0.25, 0.3) is 0 Å². The molecule has 0 aliphatic rings. The van der Waals surface area contributed by atoms with E-state index in [1.807, 2.05) is 16.3 Å². The van der Waals surface area contributed by atoms with E-state index in [1.54, 1.807) is 17.7 Å². The Morgan fingerprint density at radius 2 is 2.17 bits per heavy atom. The molecule has 0 radical (unpaired) electrons. The van der Waals surface area contributed by atoms with E-state index >= 15 is 0 Å². The lowest BCUT2D eigenvalue weighted by Gasteiger charge is -2.24. The Morgan fingerprint density at radius 1 is 1.39 bits per heavy atom. The minimum atomic E-state index is -0.151. The third-order valence-corrected chi connectivity index (χ3v) is 3.89. The van der Waals surface area contributed by atoms with Gasteiger partial charge in [-0.2, -0.15) is 5.10 Å². The quantitative estimate of drug-likeness (QED) is 0.901. The average molecular weight is 265 g/mol. The largest absolute Gasteiger partial charge is 0.299 e. The molecule has 0 aliphatic heterocycles. The molecule has 0 aliphatic carbocycles. The lowest BCUT2D eigenvalue weighted by Crippen LogP contribution is -2.36. The van der Waals surface area contributed by atoms with Gasteiger partial charge in [-0.15, -0.1) is 11.3 Å². The van der Waals surface area contributed by atoms with Crippen LogP contribution in [0.3, 0.4) is 0 Å². The van der Waals surface area contributed by atoms with Crippen LogP contribution in [0.15, 0.2) is 17.9 Å². The first-order valence-electron chi connectivity index (χ1n) is 6.04. The number of rotatable bonds is 5. The maximum absolute atomic E-state index is 4.36. The van der Waals surface area contributed by atoms with Crippen LogP contribution < -0.4 is 5.32 Å². The van der Waals surface area contributed by atoms with Crippen molar-refractivity contribution in [2.45, 2.75) is 45.8 Å². The zero-order chi connectivity index (χ0) is 13.2. The highest BCUT2D eigenvalue weighted by atomic mass is 32.1. The summed E-state index contributed by atoms with van der Waals surface area (Å²) >= 11 is 1.66. The summed E-state index contributed by atoms with van der Waals surface area (Å²) in [5.74, 6) is 0.953. The normalized spacial score (nSPS) is 12.3.